The first-order valence-corrected chi connectivity index (χ1v) is 7.39. The number of sulfone groups is 1. The Morgan fingerprint density at radius 3 is 2.60 bits per heavy atom. The van der Waals surface area contributed by atoms with Gasteiger partial charge in [0.15, 0.2) is 15.7 Å². The van der Waals surface area contributed by atoms with Crippen LogP contribution in [-0.2, 0) is 14.6 Å². The summed E-state index contributed by atoms with van der Waals surface area (Å²) in [6.45, 7) is 1.23. The molecule has 0 aliphatic heterocycles. The number of oxime groups is 1. The minimum Gasteiger partial charge on any atom is -0.409 e. The molecule has 1 amide bonds. The van der Waals surface area contributed by atoms with E-state index in [1.54, 1.807) is 0 Å². The second kappa shape index (κ2) is 5.87. The average Bonchev–Trinajstić information content (AvgIpc) is 2.38. The summed E-state index contributed by atoms with van der Waals surface area (Å²) >= 11 is 0. The lowest BCUT2D eigenvalue weighted by Crippen LogP contribution is -2.31. The van der Waals surface area contributed by atoms with Gasteiger partial charge in [-0.15, -0.1) is 0 Å². The molecule has 0 bridgehead atoms. The highest BCUT2D eigenvalue weighted by Crippen LogP contribution is 2.15. The zero-order valence-corrected chi connectivity index (χ0v) is 11.6. The van der Waals surface area contributed by atoms with Gasteiger partial charge in [0.05, 0.1) is 5.56 Å². The van der Waals surface area contributed by atoms with Crippen molar-refractivity contribution < 1.29 is 22.8 Å². The highest BCUT2D eigenvalue weighted by atomic mass is 32.2. The number of nitrogens with one attached hydrogen (secondary N) is 1. The Morgan fingerprint density at radius 2 is 2.10 bits per heavy atom. The zero-order chi connectivity index (χ0) is 15.5. The number of nitrogens with zero attached hydrogens (tertiary/aromatic N) is 1. The summed E-state index contributed by atoms with van der Waals surface area (Å²) in [5.41, 5.74) is 5.20. The van der Waals surface area contributed by atoms with Crippen molar-refractivity contribution in [3.05, 3.63) is 29.6 Å². The third-order valence-corrected chi connectivity index (χ3v) is 4.13. The highest BCUT2D eigenvalue weighted by Gasteiger charge is 2.23. The predicted molar refractivity (Wildman–Crippen MR) is 71.8 cm³/mol. The van der Waals surface area contributed by atoms with Crippen LogP contribution in [0.15, 0.2) is 23.4 Å². The topological polar surface area (TPSA) is 122 Å². The minimum absolute atomic E-state index is 0.133. The van der Waals surface area contributed by atoms with E-state index in [0.717, 1.165) is 18.4 Å². The highest BCUT2D eigenvalue weighted by molar-refractivity contribution is 7.92. The molecule has 1 aromatic rings. The number of carbonyl (C=O) groups is 1. The number of anilines is 1. The summed E-state index contributed by atoms with van der Waals surface area (Å²) in [5.74, 6) is -1.96. The Balaban J connectivity index is 3.03. The Kier molecular flexibility index (Phi) is 4.66. The molecule has 9 heteroatoms. The molecule has 7 nitrogen and oxygen atoms in total. The Labute approximate surface area is 115 Å². The van der Waals surface area contributed by atoms with Gasteiger partial charge in [-0.3, -0.25) is 4.79 Å². The van der Waals surface area contributed by atoms with Gasteiger partial charge >= 0.3 is 0 Å². The molecule has 1 rings (SSSR count). The van der Waals surface area contributed by atoms with Crippen LogP contribution in [0.5, 0.6) is 0 Å². The number of hydrogen-bond acceptors (Lipinski definition) is 5. The summed E-state index contributed by atoms with van der Waals surface area (Å²) in [5, 5.41) is 12.2. The minimum atomic E-state index is -3.54. The van der Waals surface area contributed by atoms with Gasteiger partial charge in [0, 0.05) is 11.9 Å². The molecule has 0 aliphatic carbocycles. The molecule has 0 aromatic heterocycles. The molecule has 110 valence electrons. The van der Waals surface area contributed by atoms with E-state index in [1.165, 1.54) is 13.0 Å². The normalized spacial score (nSPS) is 13.8. The van der Waals surface area contributed by atoms with Gasteiger partial charge in [-0.25, -0.2) is 12.8 Å². The quantitative estimate of drug-likeness (QED) is 0.319. The second-order valence-electron chi connectivity index (χ2n) is 4.14. The van der Waals surface area contributed by atoms with Crippen LogP contribution in [0, 0.1) is 5.82 Å². The van der Waals surface area contributed by atoms with Crippen LogP contribution in [-0.4, -0.2) is 36.9 Å². The molecule has 0 fully saturated rings. The summed E-state index contributed by atoms with van der Waals surface area (Å²) in [7, 11) is -3.54. The monoisotopic (exact) mass is 303 g/mol. The van der Waals surface area contributed by atoms with Gasteiger partial charge in [0.25, 0.3) is 0 Å². The summed E-state index contributed by atoms with van der Waals surface area (Å²) in [6, 6.07) is 3.38. The number of halogens is 1. The van der Waals surface area contributed by atoms with Crippen molar-refractivity contribution in [3.8, 4) is 0 Å². The number of amidine groups is 1. The number of rotatable bonds is 4. The van der Waals surface area contributed by atoms with E-state index >= 15 is 0 Å². The predicted octanol–water partition coefficient (Wildman–Crippen LogP) is 0.292. The van der Waals surface area contributed by atoms with Crippen molar-refractivity contribution in [2.24, 2.45) is 10.9 Å². The number of carbonyl (C=O) groups excluding carboxylic acids is 1. The molecule has 0 heterocycles. The fourth-order valence-corrected chi connectivity index (χ4v) is 1.74. The number of hydrogen-bond donors (Lipinski definition) is 3. The lowest BCUT2D eigenvalue weighted by atomic mass is 10.1. The summed E-state index contributed by atoms with van der Waals surface area (Å²) in [4.78, 5) is 11.7. The van der Waals surface area contributed by atoms with Crippen molar-refractivity contribution >= 4 is 27.3 Å². The molecule has 1 atom stereocenters. The van der Waals surface area contributed by atoms with Crippen LogP contribution >= 0.6 is 0 Å². The molecule has 1 unspecified atom stereocenters. The van der Waals surface area contributed by atoms with Gasteiger partial charge in [-0.1, -0.05) is 5.16 Å². The standard InChI is InChI=1S/C11H14FN3O4S/c1-6(20(2,18)19)11(16)14-7-3-4-9(12)8(5-7)10(13)15-17/h3-6,17H,1-2H3,(H2,13,15)(H,14,16). The molecule has 4 N–H and O–H groups in total. The first-order valence-electron chi connectivity index (χ1n) is 5.44. The van der Waals surface area contributed by atoms with Crippen LogP contribution in [0.25, 0.3) is 0 Å². The van der Waals surface area contributed by atoms with Crippen molar-refractivity contribution in [2.75, 3.05) is 11.6 Å². The fraction of sp³-hybridized carbons (Fsp3) is 0.273. The van der Waals surface area contributed by atoms with Gasteiger partial charge in [-0.2, -0.15) is 0 Å². The maximum atomic E-state index is 13.4. The third-order valence-electron chi connectivity index (χ3n) is 2.63. The molecule has 0 saturated heterocycles. The van der Waals surface area contributed by atoms with Gasteiger partial charge in [0.1, 0.15) is 11.1 Å². The lowest BCUT2D eigenvalue weighted by molar-refractivity contribution is -0.115. The first kappa shape index (κ1) is 15.9. The number of benzene rings is 1. The first-order chi connectivity index (χ1) is 9.16. The molecule has 0 aliphatic rings. The third kappa shape index (κ3) is 3.67. The van der Waals surface area contributed by atoms with E-state index in [-0.39, 0.29) is 11.3 Å². The van der Waals surface area contributed by atoms with Crippen LogP contribution < -0.4 is 11.1 Å². The molecule has 0 spiro atoms. The zero-order valence-electron chi connectivity index (χ0n) is 10.8. The SMILES string of the molecule is CC(C(=O)Nc1ccc(F)c(/C(N)=N/O)c1)S(C)(=O)=O. The van der Waals surface area contributed by atoms with E-state index in [2.05, 4.69) is 10.5 Å². The van der Waals surface area contributed by atoms with Gasteiger partial charge in [-0.05, 0) is 25.1 Å². The molecule has 1 aromatic carbocycles. The van der Waals surface area contributed by atoms with Crippen molar-refractivity contribution in [1.82, 2.24) is 0 Å². The molecule has 0 radical (unpaired) electrons. The Hall–Kier alpha value is -2.16. The van der Waals surface area contributed by atoms with E-state index in [0.29, 0.717) is 0 Å². The van der Waals surface area contributed by atoms with Crippen LogP contribution in [0.3, 0.4) is 0 Å². The molecule has 20 heavy (non-hydrogen) atoms. The Morgan fingerprint density at radius 1 is 1.50 bits per heavy atom. The van der Waals surface area contributed by atoms with E-state index in [1.807, 2.05) is 0 Å². The largest absolute Gasteiger partial charge is 0.409 e. The smallest absolute Gasteiger partial charge is 0.242 e. The van der Waals surface area contributed by atoms with Crippen LogP contribution in [0.1, 0.15) is 12.5 Å². The average molecular weight is 303 g/mol. The fourth-order valence-electron chi connectivity index (χ4n) is 1.29. The second-order valence-corrected chi connectivity index (χ2v) is 6.51. The number of nitrogens with two attached hydrogens (primary N) is 1. The number of amides is 1. The lowest BCUT2D eigenvalue weighted by Gasteiger charge is -2.11. The van der Waals surface area contributed by atoms with Crippen LogP contribution in [0.2, 0.25) is 0 Å². The Bertz CT molecular complexity index is 658. The van der Waals surface area contributed by atoms with Crippen molar-refractivity contribution in [3.63, 3.8) is 0 Å². The summed E-state index contributed by atoms with van der Waals surface area (Å²) in [6.07, 6.45) is 0.934. The molecular weight excluding hydrogens is 289 g/mol. The van der Waals surface area contributed by atoms with E-state index in [4.69, 9.17) is 10.9 Å². The van der Waals surface area contributed by atoms with E-state index in [9.17, 15) is 17.6 Å². The van der Waals surface area contributed by atoms with Crippen molar-refractivity contribution in [1.29, 1.82) is 0 Å². The molecular formula is C11H14FN3O4S. The van der Waals surface area contributed by atoms with Gasteiger partial charge in [0.2, 0.25) is 5.91 Å². The van der Waals surface area contributed by atoms with Crippen molar-refractivity contribution in [2.45, 2.75) is 12.2 Å². The van der Waals surface area contributed by atoms with Crippen LogP contribution in [0.4, 0.5) is 10.1 Å². The maximum absolute atomic E-state index is 13.4. The summed E-state index contributed by atoms with van der Waals surface area (Å²) < 4.78 is 35.9. The maximum Gasteiger partial charge on any atom is 0.242 e. The molecule has 0 saturated carbocycles. The van der Waals surface area contributed by atoms with E-state index < -0.39 is 32.6 Å². The van der Waals surface area contributed by atoms with Gasteiger partial charge < -0.3 is 16.3 Å².